The molecule has 4 nitrogen and oxygen atoms in total. The summed E-state index contributed by atoms with van der Waals surface area (Å²) in [5, 5.41) is 17.8. The molecule has 0 N–H and O–H groups in total. The third-order valence-corrected chi connectivity index (χ3v) is 3.46. The maximum Gasteiger partial charge on any atom is 0.137 e. The van der Waals surface area contributed by atoms with Gasteiger partial charge in [-0.05, 0) is 48.4 Å². The second kappa shape index (κ2) is 7.15. The van der Waals surface area contributed by atoms with Crippen LogP contribution in [0.25, 0.3) is 6.08 Å². The van der Waals surface area contributed by atoms with E-state index in [-0.39, 0.29) is 5.57 Å². The Kier molecular flexibility index (Phi) is 5.02. The SMILES string of the molecule is Cc1cc(N(C)C)ccc1C=CC1=CC(=C(C#N)C#N)C=CO1. The predicted molar refractivity (Wildman–Crippen MR) is 91.1 cm³/mol. The van der Waals surface area contributed by atoms with Gasteiger partial charge in [-0.15, -0.1) is 0 Å². The van der Waals surface area contributed by atoms with Crippen molar-refractivity contribution in [3.8, 4) is 12.1 Å². The molecule has 0 saturated heterocycles. The van der Waals surface area contributed by atoms with Gasteiger partial charge in [0.05, 0.1) is 6.26 Å². The predicted octanol–water partition coefficient (Wildman–Crippen LogP) is 3.85. The third-order valence-electron chi connectivity index (χ3n) is 3.46. The number of anilines is 1. The van der Waals surface area contributed by atoms with Gasteiger partial charge in [-0.25, -0.2) is 0 Å². The summed E-state index contributed by atoms with van der Waals surface area (Å²) in [6, 6.07) is 9.98. The summed E-state index contributed by atoms with van der Waals surface area (Å²) in [6.45, 7) is 2.05. The number of allylic oxidation sites excluding steroid dienone is 5. The summed E-state index contributed by atoms with van der Waals surface area (Å²) in [6.07, 6.45) is 8.55. The van der Waals surface area contributed by atoms with E-state index >= 15 is 0 Å². The summed E-state index contributed by atoms with van der Waals surface area (Å²) < 4.78 is 5.40. The molecule has 0 aromatic heterocycles. The molecule has 1 aliphatic heterocycles. The summed E-state index contributed by atoms with van der Waals surface area (Å²) in [5.74, 6) is 0.585. The Morgan fingerprint density at radius 3 is 2.52 bits per heavy atom. The summed E-state index contributed by atoms with van der Waals surface area (Å²) in [7, 11) is 4.01. The molecule has 0 saturated carbocycles. The molecule has 0 radical (unpaired) electrons. The normalized spacial score (nSPS) is 13.1. The molecule has 0 spiro atoms. The molecular weight excluding hydrogens is 286 g/mol. The van der Waals surface area contributed by atoms with E-state index in [1.807, 2.05) is 44.5 Å². The Labute approximate surface area is 136 Å². The highest BCUT2D eigenvalue weighted by molar-refractivity contribution is 5.62. The van der Waals surface area contributed by atoms with Crippen molar-refractivity contribution in [2.45, 2.75) is 6.92 Å². The number of benzene rings is 1. The van der Waals surface area contributed by atoms with Crippen LogP contribution in [0, 0.1) is 29.6 Å². The first-order valence-corrected chi connectivity index (χ1v) is 7.10. The lowest BCUT2D eigenvalue weighted by molar-refractivity contribution is 0.364. The molecule has 0 bridgehead atoms. The van der Waals surface area contributed by atoms with Crippen molar-refractivity contribution in [2.75, 3.05) is 19.0 Å². The van der Waals surface area contributed by atoms with Gasteiger partial charge in [0.1, 0.15) is 23.5 Å². The zero-order valence-corrected chi connectivity index (χ0v) is 13.4. The van der Waals surface area contributed by atoms with Crippen molar-refractivity contribution in [1.29, 1.82) is 10.5 Å². The van der Waals surface area contributed by atoms with Crippen LogP contribution in [0.4, 0.5) is 5.69 Å². The van der Waals surface area contributed by atoms with E-state index in [1.165, 1.54) is 6.26 Å². The third kappa shape index (κ3) is 3.90. The number of nitriles is 2. The minimum absolute atomic E-state index is 0.0713. The highest BCUT2D eigenvalue weighted by atomic mass is 16.5. The zero-order valence-electron chi connectivity index (χ0n) is 13.4. The van der Waals surface area contributed by atoms with Crippen molar-refractivity contribution in [3.63, 3.8) is 0 Å². The molecule has 23 heavy (non-hydrogen) atoms. The van der Waals surface area contributed by atoms with Gasteiger partial charge in [0, 0.05) is 25.4 Å². The summed E-state index contributed by atoms with van der Waals surface area (Å²) in [5.41, 5.74) is 4.02. The summed E-state index contributed by atoms with van der Waals surface area (Å²) >= 11 is 0. The van der Waals surface area contributed by atoms with Crippen LogP contribution in [0.2, 0.25) is 0 Å². The van der Waals surface area contributed by atoms with Gasteiger partial charge in [0.25, 0.3) is 0 Å². The van der Waals surface area contributed by atoms with Gasteiger partial charge < -0.3 is 9.64 Å². The lowest BCUT2D eigenvalue weighted by atomic mass is 10.1. The quantitative estimate of drug-likeness (QED) is 0.796. The first-order chi connectivity index (χ1) is 11.0. The van der Waals surface area contributed by atoms with Crippen LogP contribution in [-0.2, 0) is 4.74 Å². The van der Waals surface area contributed by atoms with Crippen LogP contribution < -0.4 is 4.90 Å². The molecule has 0 fully saturated rings. The van der Waals surface area contributed by atoms with Gasteiger partial charge in [-0.3, -0.25) is 0 Å². The van der Waals surface area contributed by atoms with Crippen LogP contribution in [-0.4, -0.2) is 14.1 Å². The maximum absolute atomic E-state index is 8.92. The fraction of sp³-hybridized carbons (Fsp3) is 0.158. The Morgan fingerprint density at radius 2 is 1.91 bits per heavy atom. The molecule has 2 rings (SSSR count). The van der Waals surface area contributed by atoms with Crippen molar-refractivity contribution in [3.05, 3.63) is 70.7 Å². The van der Waals surface area contributed by atoms with Crippen LogP contribution in [0.5, 0.6) is 0 Å². The van der Waals surface area contributed by atoms with Crippen LogP contribution >= 0.6 is 0 Å². The molecule has 1 aromatic rings. The first-order valence-electron chi connectivity index (χ1n) is 7.10. The second-order valence-electron chi connectivity index (χ2n) is 5.29. The number of hydrogen-bond acceptors (Lipinski definition) is 4. The Hall–Kier alpha value is -3.24. The number of hydrogen-bond donors (Lipinski definition) is 0. The van der Waals surface area contributed by atoms with Gasteiger partial charge in [-0.2, -0.15) is 10.5 Å². The van der Waals surface area contributed by atoms with Crippen molar-refractivity contribution >= 4 is 11.8 Å². The Balaban J connectivity index is 2.26. The lowest BCUT2D eigenvalue weighted by Gasteiger charge is -2.14. The van der Waals surface area contributed by atoms with Crippen molar-refractivity contribution in [1.82, 2.24) is 0 Å². The van der Waals surface area contributed by atoms with E-state index in [1.54, 1.807) is 12.2 Å². The molecular formula is C19H17N3O. The maximum atomic E-state index is 8.92. The fourth-order valence-electron chi connectivity index (χ4n) is 2.12. The summed E-state index contributed by atoms with van der Waals surface area (Å²) in [4.78, 5) is 2.06. The van der Waals surface area contributed by atoms with Crippen molar-refractivity contribution in [2.24, 2.45) is 0 Å². The smallest absolute Gasteiger partial charge is 0.137 e. The Bertz CT molecular complexity index is 796. The molecule has 0 atom stereocenters. The first kappa shape index (κ1) is 16.1. The minimum atomic E-state index is 0.0713. The van der Waals surface area contributed by atoms with Gasteiger partial charge in [0.15, 0.2) is 0 Å². The largest absolute Gasteiger partial charge is 0.465 e. The van der Waals surface area contributed by atoms with Crippen LogP contribution in [0.1, 0.15) is 11.1 Å². The number of ether oxygens (including phenoxy) is 1. The molecule has 1 aromatic carbocycles. The topological polar surface area (TPSA) is 60.0 Å². The van der Waals surface area contributed by atoms with Crippen LogP contribution in [0.3, 0.4) is 0 Å². The van der Waals surface area contributed by atoms with Gasteiger partial charge >= 0.3 is 0 Å². The fourth-order valence-corrected chi connectivity index (χ4v) is 2.12. The average molecular weight is 303 g/mol. The minimum Gasteiger partial charge on any atom is -0.465 e. The number of aryl methyl sites for hydroxylation is 1. The van der Waals surface area contributed by atoms with Crippen LogP contribution in [0.15, 0.2) is 59.6 Å². The lowest BCUT2D eigenvalue weighted by Crippen LogP contribution is -2.08. The standard InChI is InChI=1S/C19H17N3O/c1-14-10-18(22(2)3)6-4-15(14)5-7-19-11-16(8-9-23-19)17(12-20)13-21/h4-11H,1-3H3. The molecule has 0 unspecified atom stereocenters. The average Bonchev–Trinajstić information content (AvgIpc) is 2.55. The number of nitrogens with zero attached hydrogens (tertiary/aromatic N) is 3. The molecule has 4 heteroatoms. The van der Waals surface area contributed by atoms with E-state index in [4.69, 9.17) is 15.3 Å². The van der Waals surface area contributed by atoms with E-state index in [0.29, 0.717) is 11.3 Å². The van der Waals surface area contributed by atoms with Gasteiger partial charge in [0.2, 0.25) is 0 Å². The van der Waals surface area contributed by atoms with Gasteiger partial charge in [-0.1, -0.05) is 12.1 Å². The van der Waals surface area contributed by atoms with E-state index in [0.717, 1.165) is 16.8 Å². The van der Waals surface area contributed by atoms with E-state index < -0.39 is 0 Å². The monoisotopic (exact) mass is 303 g/mol. The highest BCUT2D eigenvalue weighted by Crippen LogP contribution is 2.21. The molecule has 114 valence electrons. The van der Waals surface area contributed by atoms with Crippen molar-refractivity contribution < 1.29 is 4.74 Å². The molecule has 0 amide bonds. The number of rotatable bonds is 3. The van der Waals surface area contributed by atoms with E-state index in [9.17, 15) is 0 Å². The zero-order chi connectivity index (χ0) is 16.8. The molecule has 1 heterocycles. The second-order valence-corrected chi connectivity index (χ2v) is 5.29. The molecule has 0 aliphatic carbocycles. The highest BCUT2D eigenvalue weighted by Gasteiger charge is 2.07. The Morgan fingerprint density at radius 1 is 1.17 bits per heavy atom. The molecule has 1 aliphatic rings. The van der Waals surface area contributed by atoms with E-state index in [2.05, 4.69) is 24.0 Å².